The van der Waals surface area contributed by atoms with Crippen molar-refractivity contribution in [1.82, 2.24) is 9.71 Å². The van der Waals surface area contributed by atoms with E-state index in [1.54, 1.807) is 12.1 Å². The van der Waals surface area contributed by atoms with Gasteiger partial charge in [0, 0.05) is 12.7 Å². The average Bonchev–Trinajstić information content (AvgIpc) is 2.95. The average molecular weight is 270 g/mol. The summed E-state index contributed by atoms with van der Waals surface area (Å²) in [5.74, 6) is 5.67. The van der Waals surface area contributed by atoms with Crippen LogP contribution in [0, 0.1) is 11.3 Å². The van der Waals surface area contributed by atoms with Crippen molar-refractivity contribution in [2.45, 2.75) is 25.3 Å². The van der Waals surface area contributed by atoms with Crippen LogP contribution in [0.15, 0.2) is 23.4 Å². The van der Waals surface area contributed by atoms with Crippen LogP contribution in [-0.4, -0.2) is 19.9 Å². The highest BCUT2D eigenvalue weighted by molar-refractivity contribution is 7.89. The van der Waals surface area contributed by atoms with Crippen LogP contribution in [0.25, 0.3) is 0 Å². The van der Waals surface area contributed by atoms with Gasteiger partial charge in [-0.1, -0.05) is 13.8 Å². The van der Waals surface area contributed by atoms with Crippen molar-refractivity contribution in [3.63, 3.8) is 0 Å². The first-order valence-electron chi connectivity index (χ1n) is 5.78. The predicted octanol–water partition coefficient (Wildman–Crippen LogP) is 0.692. The Morgan fingerprint density at radius 3 is 2.78 bits per heavy atom. The molecule has 100 valence electrons. The van der Waals surface area contributed by atoms with Crippen molar-refractivity contribution in [3.05, 3.63) is 18.3 Å². The van der Waals surface area contributed by atoms with Gasteiger partial charge in [0.05, 0.1) is 5.69 Å². The van der Waals surface area contributed by atoms with Gasteiger partial charge in [0.1, 0.15) is 0 Å². The summed E-state index contributed by atoms with van der Waals surface area (Å²) in [7, 11) is -3.61. The molecule has 0 saturated heterocycles. The molecule has 0 amide bonds. The van der Waals surface area contributed by atoms with E-state index in [-0.39, 0.29) is 10.4 Å². The summed E-state index contributed by atoms with van der Waals surface area (Å²) in [6, 6.07) is 3.20. The highest BCUT2D eigenvalue weighted by atomic mass is 32.2. The highest BCUT2D eigenvalue weighted by Gasteiger charge is 2.45. The normalized spacial score (nSPS) is 21.6. The van der Waals surface area contributed by atoms with Gasteiger partial charge in [0.15, 0.2) is 5.03 Å². The molecule has 1 saturated carbocycles. The minimum Gasteiger partial charge on any atom is -0.321 e. The number of hydrazine groups is 1. The topological polar surface area (TPSA) is 97.1 Å². The minimum atomic E-state index is -3.61. The predicted molar refractivity (Wildman–Crippen MR) is 69.1 cm³/mol. The zero-order valence-electron chi connectivity index (χ0n) is 10.5. The van der Waals surface area contributed by atoms with E-state index >= 15 is 0 Å². The van der Waals surface area contributed by atoms with E-state index in [2.05, 4.69) is 29.0 Å². The zero-order valence-corrected chi connectivity index (χ0v) is 11.3. The third kappa shape index (κ3) is 2.63. The molecule has 4 N–H and O–H groups in total. The van der Waals surface area contributed by atoms with Gasteiger partial charge in [-0.05, 0) is 29.9 Å². The van der Waals surface area contributed by atoms with Crippen LogP contribution in [0.3, 0.4) is 0 Å². The SMILES string of the molecule is CC1(C)CC1CNS(=O)(=O)c1ncccc1NN. The van der Waals surface area contributed by atoms with Gasteiger partial charge in [0.25, 0.3) is 10.0 Å². The van der Waals surface area contributed by atoms with E-state index in [9.17, 15) is 8.42 Å². The van der Waals surface area contributed by atoms with Crippen molar-refractivity contribution in [2.75, 3.05) is 12.0 Å². The molecule has 1 unspecified atom stereocenters. The Morgan fingerprint density at radius 2 is 2.22 bits per heavy atom. The lowest BCUT2D eigenvalue weighted by atomic mass is 10.1. The summed E-state index contributed by atoms with van der Waals surface area (Å²) in [4.78, 5) is 3.86. The molecule has 6 nitrogen and oxygen atoms in total. The molecular weight excluding hydrogens is 252 g/mol. The molecule has 1 fully saturated rings. The number of hydrogen-bond donors (Lipinski definition) is 3. The van der Waals surface area contributed by atoms with Crippen LogP contribution in [0.2, 0.25) is 0 Å². The molecule has 0 spiro atoms. The first-order valence-corrected chi connectivity index (χ1v) is 7.26. The summed E-state index contributed by atoms with van der Waals surface area (Å²) in [5, 5.41) is -0.0639. The molecular formula is C11H18N4O2S. The molecule has 1 aromatic heterocycles. The molecule has 2 rings (SSSR count). The van der Waals surface area contributed by atoms with E-state index in [1.165, 1.54) is 6.20 Å². The molecule has 18 heavy (non-hydrogen) atoms. The van der Waals surface area contributed by atoms with Crippen LogP contribution in [0.5, 0.6) is 0 Å². The first-order chi connectivity index (χ1) is 8.37. The summed E-state index contributed by atoms with van der Waals surface area (Å²) < 4.78 is 26.8. The minimum absolute atomic E-state index is 0.0639. The smallest absolute Gasteiger partial charge is 0.260 e. The van der Waals surface area contributed by atoms with Crippen LogP contribution < -0.4 is 16.0 Å². The number of nitrogens with one attached hydrogen (secondary N) is 2. The molecule has 1 aliphatic rings. The van der Waals surface area contributed by atoms with Gasteiger partial charge in [-0.2, -0.15) is 0 Å². The van der Waals surface area contributed by atoms with Crippen molar-refractivity contribution in [2.24, 2.45) is 17.2 Å². The Labute approximate surface area is 107 Å². The lowest BCUT2D eigenvalue weighted by molar-refractivity contribution is 0.536. The lowest BCUT2D eigenvalue weighted by Gasteiger charge is -2.10. The van der Waals surface area contributed by atoms with Crippen molar-refractivity contribution >= 4 is 15.7 Å². The van der Waals surface area contributed by atoms with E-state index in [1.807, 2.05) is 0 Å². The molecule has 1 heterocycles. The number of sulfonamides is 1. The molecule has 7 heteroatoms. The number of rotatable bonds is 5. The second-order valence-corrected chi connectivity index (χ2v) is 6.92. The number of pyridine rings is 1. The molecule has 0 aliphatic heterocycles. The summed E-state index contributed by atoms with van der Waals surface area (Å²) in [5.41, 5.74) is 2.87. The van der Waals surface area contributed by atoms with Gasteiger partial charge < -0.3 is 5.43 Å². The van der Waals surface area contributed by atoms with Crippen LogP contribution >= 0.6 is 0 Å². The van der Waals surface area contributed by atoms with Crippen molar-refractivity contribution < 1.29 is 8.42 Å². The maximum atomic E-state index is 12.1. The van der Waals surface area contributed by atoms with Crippen LogP contribution in [-0.2, 0) is 10.0 Å². The standard InChI is InChI=1S/C11H18N4O2S/c1-11(2)6-8(11)7-14-18(16,17)10-9(15-12)4-3-5-13-10/h3-5,8,14-15H,6-7,12H2,1-2H3. The van der Waals surface area contributed by atoms with Crippen molar-refractivity contribution in [1.29, 1.82) is 0 Å². The van der Waals surface area contributed by atoms with Gasteiger partial charge in [-0.25, -0.2) is 18.1 Å². The Hall–Kier alpha value is -1.18. The summed E-state index contributed by atoms with van der Waals surface area (Å²) in [6.45, 7) is 4.69. The van der Waals surface area contributed by atoms with E-state index in [0.29, 0.717) is 18.2 Å². The fraction of sp³-hybridized carbons (Fsp3) is 0.545. The monoisotopic (exact) mass is 270 g/mol. The largest absolute Gasteiger partial charge is 0.321 e. The van der Waals surface area contributed by atoms with E-state index in [0.717, 1.165) is 6.42 Å². The number of hydrogen-bond acceptors (Lipinski definition) is 5. The number of nitrogens with two attached hydrogens (primary N) is 1. The third-order valence-electron chi connectivity index (χ3n) is 3.42. The quantitative estimate of drug-likeness (QED) is 0.540. The van der Waals surface area contributed by atoms with E-state index in [4.69, 9.17) is 5.84 Å². The Balaban J connectivity index is 2.11. The highest BCUT2D eigenvalue weighted by Crippen LogP contribution is 2.51. The third-order valence-corrected chi connectivity index (χ3v) is 4.80. The Morgan fingerprint density at radius 1 is 1.56 bits per heavy atom. The maximum Gasteiger partial charge on any atom is 0.260 e. The first kappa shape index (κ1) is 13.3. The molecule has 1 aromatic rings. The van der Waals surface area contributed by atoms with E-state index < -0.39 is 10.0 Å². The van der Waals surface area contributed by atoms with Gasteiger partial charge in [-0.15, -0.1) is 0 Å². The second kappa shape index (κ2) is 4.49. The van der Waals surface area contributed by atoms with Crippen LogP contribution in [0.1, 0.15) is 20.3 Å². The Kier molecular flexibility index (Phi) is 3.31. The molecule has 1 atom stereocenters. The number of nitrogen functional groups attached to an aromatic ring is 1. The number of anilines is 1. The zero-order chi connectivity index (χ0) is 13.4. The number of aromatic nitrogens is 1. The molecule has 0 bridgehead atoms. The summed E-state index contributed by atoms with van der Waals surface area (Å²) in [6.07, 6.45) is 2.47. The Bertz CT molecular complexity index is 542. The van der Waals surface area contributed by atoms with Gasteiger partial charge in [0.2, 0.25) is 0 Å². The molecule has 0 radical (unpaired) electrons. The van der Waals surface area contributed by atoms with Crippen LogP contribution in [0.4, 0.5) is 5.69 Å². The maximum absolute atomic E-state index is 12.1. The second-order valence-electron chi connectivity index (χ2n) is 5.24. The lowest BCUT2D eigenvalue weighted by Crippen LogP contribution is -2.28. The van der Waals surface area contributed by atoms with Crippen molar-refractivity contribution in [3.8, 4) is 0 Å². The fourth-order valence-electron chi connectivity index (χ4n) is 1.92. The summed E-state index contributed by atoms with van der Waals surface area (Å²) >= 11 is 0. The molecule has 0 aromatic carbocycles. The fourth-order valence-corrected chi connectivity index (χ4v) is 3.09. The van der Waals surface area contributed by atoms with Gasteiger partial charge in [-0.3, -0.25) is 5.84 Å². The van der Waals surface area contributed by atoms with Gasteiger partial charge >= 0.3 is 0 Å². The number of nitrogens with zero attached hydrogens (tertiary/aromatic N) is 1. The molecule has 1 aliphatic carbocycles.